The molecular formula is C16H21NO5. The number of amides is 1. The maximum Gasteiger partial charge on any atom is 0.326 e. The van der Waals surface area contributed by atoms with E-state index in [4.69, 9.17) is 4.74 Å². The van der Waals surface area contributed by atoms with E-state index in [-0.39, 0.29) is 19.4 Å². The van der Waals surface area contributed by atoms with Crippen LogP contribution >= 0.6 is 0 Å². The van der Waals surface area contributed by atoms with Gasteiger partial charge in [-0.2, -0.15) is 0 Å². The fourth-order valence-electron chi connectivity index (χ4n) is 1.98. The highest BCUT2D eigenvalue weighted by atomic mass is 16.5. The van der Waals surface area contributed by atoms with Crippen LogP contribution in [0.2, 0.25) is 0 Å². The highest BCUT2D eigenvalue weighted by Gasteiger charge is 2.26. The topological polar surface area (TPSA) is 92.7 Å². The first-order valence-electron chi connectivity index (χ1n) is 7.16. The molecule has 0 fully saturated rings. The van der Waals surface area contributed by atoms with E-state index >= 15 is 0 Å². The van der Waals surface area contributed by atoms with Crippen LogP contribution in [0.25, 0.3) is 0 Å². The van der Waals surface area contributed by atoms with Crippen LogP contribution in [-0.2, 0) is 25.5 Å². The fraction of sp³-hybridized carbons (Fsp3) is 0.438. The molecule has 0 bridgehead atoms. The highest BCUT2D eigenvalue weighted by molar-refractivity contribution is 5.85. The van der Waals surface area contributed by atoms with E-state index in [0.717, 1.165) is 5.56 Å². The predicted octanol–water partition coefficient (Wildman–Crippen LogP) is 1.39. The molecule has 0 unspecified atom stereocenters. The molecule has 0 saturated carbocycles. The largest absolute Gasteiger partial charge is 0.480 e. The Bertz CT molecular complexity index is 515. The van der Waals surface area contributed by atoms with Crippen LogP contribution in [0.1, 0.15) is 25.8 Å². The molecule has 0 saturated heterocycles. The zero-order valence-corrected chi connectivity index (χ0v) is 12.7. The summed E-state index contributed by atoms with van der Waals surface area (Å²) in [5.41, 5.74) is 0.794. The van der Waals surface area contributed by atoms with Crippen molar-refractivity contribution in [2.45, 2.75) is 32.7 Å². The first-order chi connectivity index (χ1) is 10.4. The third-order valence-electron chi connectivity index (χ3n) is 3.12. The van der Waals surface area contributed by atoms with Crippen molar-refractivity contribution in [1.29, 1.82) is 0 Å². The molecule has 0 aromatic heterocycles. The molecule has 2 N–H and O–H groups in total. The number of ether oxygens (including phenoxy) is 1. The SMILES string of the molecule is CCOC(=O)[C@@H](C)C[C@H](NC(=O)Cc1ccccc1)C(=O)O. The maximum absolute atomic E-state index is 11.9. The lowest BCUT2D eigenvalue weighted by Gasteiger charge is -2.18. The number of hydrogen-bond acceptors (Lipinski definition) is 4. The number of rotatable bonds is 8. The zero-order chi connectivity index (χ0) is 16.5. The van der Waals surface area contributed by atoms with Crippen LogP contribution in [0, 0.1) is 5.92 Å². The molecular weight excluding hydrogens is 286 g/mol. The Balaban J connectivity index is 2.58. The maximum atomic E-state index is 11.9. The van der Waals surface area contributed by atoms with Gasteiger partial charge < -0.3 is 15.2 Å². The lowest BCUT2D eigenvalue weighted by molar-refractivity contribution is -0.149. The third-order valence-corrected chi connectivity index (χ3v) is 3.12. The number of benzene rings is 1. The lowest BCUT2D eigenvalue weighted by Crippen LogP contribution is -2.43. The summed E-state index contributed by atoms with van der Waals surface area (Å²) in [6.45, 7) is 3.50. The predicted molar refractivity (Wildman–Crippen MR) is 80.1 cm³/mol. The Morgan fingerprint density at radius 3 is 2.41 bits per heavy atom. The number of carboxylic acids is 1. The molecule has 0 heterocycles. The Morgan fingerprint density at radius 2 is 1.86 bits per heavy atom. The van der Waals surface area contributed by atoms with Gasteiger partial charge in [-0.3, -0.25) is 9.59 Å². The summed E-state index contributed by atoms with van der Waals surface area (Å²) in [5.74, 6) is -2.63. The third kappa shape index (κ3) is 5.95. The van der Waals surface area contributed by atoms with Crippen molar-refractivity contribution in [3.8, 4) is 0 Å². The number of carbonyl (C=O) groups excluding carboxylic acids is 2. The molecule has 1 amide bonds. The normalized spacial score (nSPS) is 13.0. The van der Waals surface area contributed by atoms with Gasteiger partial charge in [0.2, 0.25) is 5.91 Å². The summed E-state index contributed by atoms with van der Waals surface area (Å²) in [5, 5.41) is 11.6. The van der Waals surface area contributed by atoms with Crippen molar-refractivity contribution in [2.75, 3.05) is 6.61 Å². The van der Waals surface area contributed by atoms with Crippen molar-refractivity contribution >= 4 is 17.8 Å². The summed E-state index contributed by atoms with van der Waals surface area (Å²) in [7, 11) is 0. The molecule has 0 radical (unpaired) electrons. The van der Waals surface area contributed by atoms with E-state index < -0.39 is 29.8 Å². The van der Waals surface area contributed by atoms with E-state index in [9.17, 15) is 19.5 Å². The molecule has 2 atom stereocenters. The number of aliphatic carboxylic acids is 1. The molecule has 0 aliphatic rings. The molecule has 6 heteroatoms. The summed E-state index contributed by atoms with van der Waals surface area (Å²) in [6.07, 6.45) is 0.0904. The van der Waals surface area contributed by atoms with Gasteiger partial charge in [0.25, 0.3) is 0 Å². The second-order valence-electron chi connectivity index (χ2n) is 5.01. The standard InChI is InChI=1S/C16H21NO5/c1-3-22-16(21)11(2)9-13(15(19)20)17-14(18)10-12-7-5-4-6-8-12/h4-8,11,13H,3,9-10H2,1-2H3,(H,17,18)(H,19,20)/t11-,13-/m0/s1. The van der Waals surface area contributed by atoms with Crippen molar-refractivity contribution in [3.63, 3.8) is 0 Å². The van der Waals surface area contributed by atoms with E-state index in [0.29, 0.717) is 0 Å². The molecule has 1 rings (SSSR count). The van der Waals surface area contributed by atoms with Gasteiger partial charge in [0.1, 0.15) is 6.04 Å². The van der Waals surface area contributed by atoms with Crippen LogP contribution < -0.4 is 5.32 Å². The van der Waals surface area contributed by atoms with Gasteiger partial charge in [-0.25, -0.2) is 4.79 Å². The number of carbonyl (C=O) groups is 3. The molecule has 0 aliphatic carbocycles. The Morgan fingerprint density at radius 1 is 1.23 bits per heavy atom. The minimum absolute atomic E-state index is 0.00526. The zero-order valence-electron chi connectivity index (χ0n) is 12.7. The Labute approximate surface area is 129 Å². The average Bonchev–Trinajstić information content (AvgIpc) is 2.47. The monoisotopic (exact) mass is 307 g/mol. The summed E-state index contributed by atoms with van der Waals surface area (Å²) < 4.78 is 4.84. The van der Waals surface area contributed by atoms with E-state index in [1.165, 1.54) is 0 Å². The summed E-state index contributed by atoms with van der Waals surface area (Å²) in [6, 6.07) is 7.91. The minimum atomic E-state index is -1.17. The first kappa shape index (κ1) is 17.7. The molecule has 0 spiro atoms. The average molecular weight is 307 g/mol. The van der Waals surface area contributed by atoms with E-state index in [2.05, 4.69) is 5.32 Å². The number of hydrogen-bond donors (Lipinski definition) is 2. The van der Waals surface area contributed by atoms with Crippen LogP contribution in [0.3, 0.4) is 0 Å². The second-order valence-corrected chi connectivity index (χ2v) is 5.01. The van der Waals surface area contributed by atoms with Gasteiger partial charge in [-0.1, -0.05) is 37.3 Å². The summed E-state index contributed by atoms with van der Waals surface area (Å²) in [4.78, 5) is 34.7. The van der Waals surface area contributed by atoms with Gasteiger partial charge in [0.05, 0.1) is 18.9 Å². The van der Waals surface area contributed by atoms with Gasteiger partial charge in [-0.15, -0.1) is 0 Å². The molecule has 6 nitrogen and oxygen atoms in total. The van der Waals surface area contributed by atoms with Crippen molar-refractivity contribution < 1.29 is 24.2 Å². The Kier molecular flexibility index (Phi) is 7.08. The molecule has 1 aromatic rings. The number of esters is 1. The van der Waals surface area contributed by atoms with Crippen LogP contribution in [0.4, 0.5) is 0 Å². The van der Waals surface area contributed by atoms with Crippen LogP contribution in [0.5, 0.6) is 0 Å². The second kappa shape index (κ2) is 8.81. The molecule has 120 valence electrons. The molecule has 22 heavy (non-hydrogen) atoms. The lowest BCUT2D eigenvalue weighted by atomic mass is 10.0. The summed E-state index contributed by atoms with van der Waals surface area (Å²) >= 11 is 0. The highest BCUT2D eigenvalue weighted by Crippen LogP contribution is 2.09. The van der Waals surface area contributed by atoms with Gasteiger partial charge in [0, 0.05) is 0 Å². The van der Waals surface area contributed by atoms with E-state index in [1.807, 2.05) is 6.07 Å². The fourth-order valence-corrected chi connectivity index (χ4v) is 1.98. The first-order valence-corrected chi connectivity index (χ1v) is 7.16. The van der Waals surface area contributed by atoms with Gasteiger partial charge in [0.15, 0.2) is 0 Å². The van der Waals surface area contributed by atoms with Gasteiger partial charge >= 0.3 is 11.9 Å². The van der Waals surface area contributed by atoms with Crippen LogP contribution in [-0.4, -0.2) is 35.6 Å². The number of carboxylic acid groups (broad SMARTS) is 1. The quantitative estimate of drug-likeness (QED) is 0.708. The molecule has 1 aromatic carbocycles. The van der Waals surface area contributed by atoms with Crippen LogP contribution in [0.15, 0.2) is 30.3 Å². The Hall–Kier alpha value is -2.37. The van der Waals surface area contributed by atoms with Crippen molar-refractivity contribution in [3.05, 3.63) is 35.9 Å². The molecule has 0 aliphatic heterocycles. The van der Waals surface area contributed by atoms with Crippen molar-refractivity contribution in [1.82, 2.24) is 5.32 Å². The van der Waals surface area contributed by atoms with Crippen molar-refractivity contribution in [2.24, 2.45) is 5.92 Å². The van der Waals surface area contributed by atoms with Gasteiger partial charge in [-0.05, 0) is 18.9 Å². The minimum Gasteiger partial charge on any atom is -0.480 e. The van der Waals surface area contributed by atoms with E-state index in [1.54, 1.807) is 38.1 Å². The smallest absolute Gasteiger partial charge is 0.326 e. The number of nitrogens with one attached hydrogen (secondary N) is 1.